The van der Waals surface area contributed by atoms with Gasteiger partial charge in [0.15, 0.2) is 0 Å². The van der Waals surface area contributed by atoms with Crippen molar-refractivity contribution in [3.8, 4) is 5.69 Å². The van der Waals surface area contributed by atoms with Crippen molar-refractivity contribution in [3.63, 3.8) is 0 Å². The van der Waals surface area contributed by atoms with Crippen LogP contribution in [-0.2, 0) is 10.8 Å². The molecule has 0 aliphatic carbocycles. The summed E-state index contributed by atoms with van der Waals surface area (Å²) in [6, 6.07) is 5.80. The molecule has 1 aromatic heterocycles. The molecule has 0 radical (unpaired) electrons. The molecule has 0 bridgehead atoms. The summed E-state index contributed by atoms with van der Waals surface area (Å²) in [5.74, 6) is -0.187. The lowest BCUT2D eigenvalue weighted by molar-refractivity contribution is 0.0956. The number of carbonyl (C=O) groups excluding carboxylic acids is 1. The third kappa shape index (κ3) is 3.74. The Morgan fingerprint density at radius 1 is 1.40 bits per heavy atom. The maximum Gasteiger partial charge on any atom is 0.254 e. The van der Waals surface area contributed by atoms with E-state index in [2.05, 4.69) is 10.4 Å². The first kappa shape index (κ1) is 14.4. The van der Waals surface area contributed by atoms with Crippen molar-refractivity contribution in [2.75, 3.05) is 18.6 Å². The maximum absolute atomic E-state index is 12.8. The van der Waals surface area contributed by atoms with Crippen LogP contribution in [0.2, 0.25) is 0 Å². The molecule has 0 aliphatic heterocycles. The van der Waals surface area contributed by atoms with Crippen LogP contribution in [0, 0.1) is 5.82 Å². The predicted octanol–water partition coefficient (Wildman–Crippen LogP) is 1.12. The van der Waals surface area contributed by atoms with Gasteiger partial charge in [0.05, 0.1) is 17.4 Å². The molecule has 1 heterocycles. The first-order valence-electron chi connectivity index (χ1n) is 5.95. The van der Waals surface area contributed by atoms with Crippen LogP contribution < -0.4 is 5.32 Å². The monoisotopic (exact) mass is 295 g/mol. The average molecular weight is 295 g/mol. The Morgan fingerprint density at radius 2 is 2.10 bits per heavy atom. The predicted molar refractivity (Wildman–Crippen MR) is 74.8 cm³/mol. The van der Waals surface area contributed by atoms with Gasteiger partial charge in [-0.1, -0.05) is 0 Å². The summed E-state index contributed by atoms with van der Waals surface area (Å²) >= 11 is 0. The Hall–Kier alpha value is -2.02. The topological polar surface area (TPSA) is 64.0 Å². The van der Waals surface area contributed by atoms with Gasteiger partial charge < -0.3 is 5.32 Å². The summed E-state index contributed by atoms with van der Waals surface area (Å²) in [4.78, 5) is 11.8. The number of rotatable bonds is 5. The van der Waals surface area contributed by atoms with Crippen molar-refractivity contribution < 1.29 is 13.4 Å². The van der Waals surface area contributed by atoms with Gasteiger partial charge in [-0.3, -0.25) is 9.00 Å². The standard InChI is InChI=1S/C13H14FN3O2S/c1-20(19)7-6-15-13(18)10-8-16-17(9-10)12-4-2-11(14)3-5-12/h2-5,8-9H,6-7H2,1H3,(H,15,18). The third-order valence-electron chi connectivity index (χ3n) is 2.61. The summed E-state index contributed by atoms with van der Waals surface area (Å²) < 4.78 is 25.2. The Kier molecular flexibility index (Phi) is 4.62. The smallest absolute Gasteiger partial charge is 0.254 e. The van der Waals surface area contributed by atoms with Gasteiger partial charge >= 0.3 is 0 Å². The van der Waals surface area contributed by atoms with Crippen LogP contribution in [0.15, 0.2) is 36.7 Å². The molecule has 0 fully saturated rings. The second kappa shape index (κ2) is 6.42. The summed E-state index contributed by atoms with van der Waals surface area (Å²) in [5.41, 5.74) is 1.07. The van der Waals surface area contributed by atoms with E-state index >= 15 is 0 Å². The highest BCUT2D eigenvalue weighted by molar-refractivity contribution is 7.84. The molecule has 2 rings (SSSR count). The molecule has 0 aliphatic rings. The number of halogens is 1. The Labute approximate surface area is 118 Å². The van der Waals surface area contributed by atoms with Crippen molar-refractivity contribution in [2.45, 2.75) is 0 Å². The van der Waals surface area contributed by atoms with Gasteiger partial charge in [-0.2, -0.15) is 5.10 Å². The molecule has 1 N–H and O–H groups in total. The first-order chi connectivity index (χ1) is 9.56. The normalized spacial score (nSPS) is 12.1. The quantitative estimate of drug-likeness (QED) is 0.899. The van der Waals surface area contributed by atoms with Crippen LogP contribution in [0.5, 0.6) is 0 Å². The molecule has 1 aromatic carbocycles. The van der Waals surface area contributed by atoms with Gasteiger partial charge in [0.1, 0.15) is 5.82 Å². The van der Waals surface area contributed by atoms with E-state index in [0.717, 1.165) is 0 Å². The largest absolute Gasteiger partial charge is 0.351 e. The van der Waals surface area contributed by atoms with Crippen molar-refractivity contribution >= 4 is 16.7 Å². The minimum atomic E-state index is -0.936. The number of hydrogen-bond donors (Lipinski definition) is 1. The van der Waals surface area contributed by atoms with Crippen LogP contribution in [-0.4, -0.2) is 38.4 Å². The molecule has 0 saturated heterocycles. The van der Waals surface area contributed by atoms with E-state index in [1.807, 2.05) is 0 Å². The summed E-state index contributed by atoms with van der Waals surface area (Å²) in [6.07, 6.45) is 4.58. The summed E-state index contributed by atoms with van der Waals surface area (Å²) in [7, 11) is -0.936. The van der Waals surface area contributed by atoms with Gasteiger partial charge in [0.25, 0.3) is 5.91 Å². The van der Waals surface area contributed by atoms with Crippen molar-refractivity contribution in [2.24, 2.45) is 0 Å². The van der Waals surface area contributed by atoms with Gasteiger partial charge in [-0.25, -0.2) is 9.07 Å². The maximum atomic E-state index is 12.8. The second-order valence-electron chi connectivity index (χ2n) is 4.18. The van der Waals surface area contributed by atoms with Crippen LogP contribution in [0.25, 0.3) is 5.69 Å². The van der Waals surface area contributed by atoms with E-state index in [-0.39, 0.29) is 11.7 Å². The first-order valence-corrected chi connectivity index (χ1v) is 7.68. The zero-order chi connectivity index (χ0) is 14.5. The lowest BCUT2D eigenvalue weighted by Gasteiger charge is -2.01. The molecule has 5 nitrogen and oxygen atoms in total. The fraction of sp³-hybridized carbons (Fsp3) is 0.231. The Balaban J connectivity index is 2.03. The third-order valence-corrected chi connectivity index (χ3v) is 3.39. The summed E-state index contributed by atoms with van der Waals surface area (Å²) in [5, 5.41) is 6.71. The minimum Gasteiger partial charge on any atom is -0.351 e. The molecule has 2 aromatic rings. The number of benzene rings is 1. The molecule has 20 heavy (non-hydrogen) atoms. The van der Waals surface area contributed by atoms with Gasteiger partial charge in [0, 0.05) is 35.5 Å². The molecule has 0 spiro atoms. The zero-order valence-electron chi connectivity index (χ0n) is 10.9. The van der Waals surface area contributed by atoms with Crippen LogP contribution >= 0.6 is 0 Å². The molecule has 1 atom stereocenters. The Morgan fingerprint density at radius 3 is 2.75 bits per heavy atom. The fourth-order valence-corrected chi connectivity index (χ4v) is 1.97. The number of carbonyl (C=O) groups is 1. The molecule has 7 heteroatoms. The molecular weight excluding hydrogens is 281 g/mol. The van der Waals surface area contributed by atoms with E-state index in [0.29, 0.717) is 23.5 Å². The minimum absolute atomic E-state index is 0.274. The van der Waals surface area contributed by atoms with Gasteiger partial charge in [0.2, 0.25) is 0 Å². The number of nitrogens with one attached hydrogen (secondary N) is 1. The highest BCUT2D eigenvalue weighted by atomic mass is 32.2. The number of hydrogen-bond acceptors (Lipinski definition) is 3. The van der Waals surface area contributed by atoms with Crippen LogP contribution in [0.1, 0.15) is 10.4 Å². The van der Waals surface area contributed by atoms with Crippen molar-refractivity contribution in [1.29, 1.82) is 0 Å². The van der Waals surface area contributed by atoms with Crippen LogP contribution in [0.4, 0.5) is 4.39 Å². The lowest BCUT2D eigenvalue weighted by atomic mass is 10.3. The Bertz CT molecular complexity index is 625. The number of aromatic nitrogens is 2. The van der Waals surface area contributed by atoms with E-state index in [4.69, 9.17) is 0 Å². The van der Waals surface area contributed by atoms with Crippen molar-refractivity contribution in [1.82, 2.24) is 15.1 Å². The number of amides is 1. The number of nitrogens with zero attached hydrogens (tertiary/aromatic N) is 2. The van der Waals surface area contributed by atoms with Crippen molar-refractivity contribution in [3.05, 3.63) is 48.0 Å². The van der Waals surface area contributed by atoms with E-state index in [1.165, 1.54) is 23.0 Å². The molecule has 1 amide bonds. The summed E-state index contributed by atoms with van der Waals surface area (Å²) in [6.45, 7) is 0.351. The molecule has 1 unspecified atom stereocenters. The second-order valence-corrected chi connectivity index (χ2v) is 5.74. The van der Waals surface area contributed by atoms with Gasteiger partial charge in [-0.15, -0.1) is 0 Å². The van der Waals surface area contributed by atoms with Crippen LogP contribution in [0.3, 0.4) is 0 Å². The highest BCUT2D eigenvalue weighted by Crippen LogP contribution is 2.09. The molecule has 106 valence electrons. The van der Waals surface area contributed by atoms with E-state index in [9.17, 15) is 13.4 Å². The molecular formula is C13H14FN3O2S. The SMILES string of the molecule is CS(=O)CCNC(=O)c1cnn(-c2ccc(F)cc2)c1. The highest BCUT2D eigenvalue weighted by Gasteiger charge is 2.09. The lowest BCUT2D eigenvalue weighted by Crippen LogP contribution is -2.27. The average Bonchev–Trinajstić information content (AvgIpc) is 2.88. The van der Waals surface area contributed by atoms with E-state index < -0.39 is 10.8 Å². The molecule has 0 saturated carbocycles. The van der Waals surface area contributed by atoms with E-state index in [1.54, 1.807) is 24.6 Å². The van der Waals surface area contributed by atoms with Gasteiger partial charge in [-0.05, 0) is 24.3 Å². The fourth-order valence-electron chi connectivity index (χ4n) is 1.59. The zero-order valence-corrected chi connectivity index (χ0v) is 11.7.